The minimum atomic E-state index is -0.710. The zero-order chi connectivity index (χ0) is 13.2. The zero-order valence-electron chi connectivity index (χ0n) is 10.8. The van der Waals surface area contributed by atoms with Gasteiger partial charge in [-0.25, -0.2) is 0 Å². The molecule has 0 amide bonds. The Kier molecular flexibility index (Phi) is 4.15. The molecule has 0 saturated heterocycles. The second-order valence-electron chi connectivity index (χ2n) is 4.76. The van der Waals surface area contributed by atoms with Crippen molar-refractivity contribution < 1.29 is 14.6 Å². The third kappa shape index (κ3) is 2.35. The van der Waals surface area contributed by atoms with Gasteiger partial charge in [0.15, 0.2) is 0 Å². The molecule has 1 N–H and O–H groups in total. The van der Waals surface area contributed by atoms with Gasteiger partial charge in [0, 0.05) is 17.7 Å². The van der Waals surface area contributed by atoms with Gasteiger partial charge in [-0.1, -0.05) is 24.4 Å². The van der Waals surface area contributed by atoms with E-state index in [-0.39, 0.29) is 0 Å². The minimum absolute atomic E-state index is 0.502. The van der Waals surface area contributed by atoms with E-state index in [1.165, 1.54) is 0 Å². The number of aliphatic hydroxyl groups excluding tert-OH is 1. The molecule has 1 aromatic carbocycles. The molecule has 1 fully saturated rings. The molecule has 1 atom stereocenters. The van der Waals surface area contributed by atoms with Gasteiger partial charge in [0.1, 0.15) is 11.9 Å². The summed E-state index contributed by atoms with van der Waals surface area (Å²) in [6, 6.07) is 5.29. The minimum Gasteiger partial charge on any atom is -0.496 e. The maximum atomic E-state index is 10.6. The summed E-state index contributed by atoms with van der Waals surface area (Å²) in [6.07, 6.45) is 3.17. The van der Waals surface area contributed by atoms with Crippen LogP contribution < -0.4 is 4.74 Å². The van der Waals surface area contributed by atoms with Crippen LogP contribution in [-0.2, 0) is 4.74 Å². The van der Waals surface area contributed by atoms with Crippen LogP contribution in [-0.4, -0.2) is 24.9 Å². The van der Waals surface area contributed by atoms with Crippen molar-refractivity contribution in [1.29, 1.82) is 0 Å². The lowest BCUT2D eigenvalue weighted by Gasteiger charge is -2.33. The highest BCUT2D eigenvalue weighted by atomic mass is 35.5. The Morgan fingerprint density at radius 3 is 2.50 bits per heavy atom. The van der Waals surface area contributed by atoms with Crippen LogP contribution in [0.4, 0.5) is 0 Å². The third-order valence-electron chi connectivity index (χ3n) is 3.84. The molecule has 0 spiro atoms. The monoisotopic (exact) mass is 270 g/mol. The molecule has 0 aliphatic heterocycles. The standard InChI is InChI=1S/C14H19ClO3/c1-17-12-6-5-10(15)9-11(12)13(16)14(18-2)7-3-4-8-14/h5-6,9,13,16H,3-4,7-8H2,1-2H3. The Labute approximate surface area is 113 Å². The molecule has 4 heteroatoms. The summed E-state index contributed by atoms with van der Waals surface area (Å²) in [5.74, 6) is 0.648. The average Bonchev–Trinajstić information content (AvgIpc) is 2.87. The first-order valence-electron chi connectivity index (χ1n) is 6.19. The highest BCUT2D eigenvalue weighted by Crippen LogP contribution is 2.45. The van der Waals surface area contributed by atoms with E-state index < -0.39 is 11.7 Å². The molecule has 0 bridgehead atoms. The molecular formula is C14H19ClO3. The van der Waals surface area contributed by atoms with Gasteiger partial charge >= 0.3 is 0 Å². The Morgan fingerprint density at radius 2 is 1.94 bits per heavy atom. The number of aliphatic hydroxyl groups is 1. The number of methoxy groups -OCH3 is 2. The Hall–Kier alpha value is -0.770. The van der Waals surface area contributed by atoms with Crippen molar-refractivity contribution in [2.75, 3.05) is 14.2 Å². The van der Waals surface area contributed by atoms with Gasteiger partial charge in [0.05, 0.1) is 12.7 Å². The van der Waals surface area contributed by atoms with Gasteiger partial charge in [0.2, 0.25) is 0 Å². The summed E-state index contributed by atoms with van der Waals surface area (Å²) in [5.41, 5.74) is 0.201. The number of rotatable bonds is 4. The lowest BCUT2D eigenvalue weighted by atomic mass is 9.89. The molecule has 100 valence electrons. The van der Waals surface area contributed by atoms with Gasteiger partial charge in [-0.05, 0) is 31.0 Å². The first kappa shape index (κ1) is 13.7. The Morgan fingerprint density at radius 1 is 1.28 bits per heavy atom. The molecule has 3 nitrogen and oxygen atoms in total. The van der Waals surface area contributed by atoms with Crippen molar-refractivity contribution in [2.24, 2.45) is 0 Å². The maximum Gasteiger partial charge on any atom is 0.124 e. The molecule has 0 heterocycles. The second kappa shape index (κ2) is 5.47. The fourth-order valence-corrected chi connectivity index (χ4v) is 2.95. The van der Waals surface area contributed by atoms with Gasteiger partial charge in [-0.2, -0.15) is 0 Å². The fourth-order valence-electron chi connectivity index (χ4n) is 2.76. The van der Waals surface area contributed by atoms with E-state index >= 15 is 0 Å². The number of hydrogen-bond donors (Lipinski definition) is 1. The summed E-state index contributed by atoms with van der Waals surface area (Å²) in [4.78, 5) is 0. The molecule has 1 saturated carbocycles. The van der Waals surface area contributed by atoms with Crippen LogP contribution in [0.2, 0.25) is 5.02 Å². The first-order chi connectivity index (χ1) is 8.63. The van der Waals surface area contributed by atoms with Gasteiger partial charge in [-0.15, -0.1) is 0 Å². The maximum absolute atomic E-state index is 10.6. The summed E-state index contributed by atoms with van der Waals surface area (Å²) in [6.45, 7) is 0. The fraction of sp³-hybridized carbons (Fsp3) is 0.571. The summed E-state index contributed by atoms with van der Waals surface area (Å²) < 4.78 is 10.9. The largest absolute Gasteiger partial charge is 0.496 e. The van der Waals surface area contributed by atoms with Crippen LogP contribution >= 0.6 is 11.6 Å². The van der Waals surface area contributed by atoms with E-state index in [9.17, 15) is 5.11 Å². The number of benzene rings is 1. The van der Waals surface area contributed by atoms with E-state index in [1.54, 1.807) is 32.4 Å². The van der Waals surface area contributed by atoms with Crippen LogP contribution in [0.5, 0.6) is 5.75 Å². The molecule has 18 heavy (non-hydrogen) atoms. The summed E-state index contributed by atoms with van der Waals surface area (Å²) >= 11 is 6.01. The molecule has 1 unspecified atom stereocenters. The molecule has 0 aromatic heterocycles. The van der Waals surface area contributed by atoms with Crippen LogP contribution in [0.3, 0.4) is 0 Å². The Bertz CT molecular complexity index is 414. The van der Waals surface area contributed by atoms with Crippen molar-refractivity contribution in [3.05, 3.63) is 28.8 Å². The first-order valence-corrected chi connectivity index (χ1v) is 6.57. The normalized spacial score (nSPS) is 19.8. The van der Waals surface area contributed by atoms with Crippen molar-refractivity contribution in [3.63, 3.8) is 0 Å². The topological polar surface area (TPSA) is 38.7 Å². The molecular weight excluding hydrogens is 252 g/mol. The van der Waals surface area contributed by atoms with Gasteiger partial charge in [0.25, 0.3) is 0 Å². The van der Waals surface area contributed by atoms with Crippen LogP contribution in [0.15, 0.2) is 18.2 Å². The highest BCUT2D eigenvalue weighted by molar-refractivity contribution is 6.30. The molecule has 2 rings (SSSR count). The van der Waals surface area contributed by atoms with Crippen molar-refractivity contribution in [2.45, 2.75) is 37.4 Å². The van der Waals surface area contributed by atoms with Gasteiger partial charge in [-0.3, -0.25) is 0 Å². The summed E-state index contributed by atoms with van der Waals surface area (Å²) in [5, 5.41) is 11.2. The van der Waals surface area contributed by atoms with Crippen molar-refractivity contribution in [1.82, 2.24) is 0 Å². The van der Waals surface area contributed by atoms with E-state index in [2.05, 4.69) is 0 Å². The lowest BCUT2D eigenvalue weighted by Crippen LogP contribution is -2.35. The number of ether oxygens (including phenoxy) is 2. The average molecular weight is 271 g/mol. The third-order valence-corrected chi connectivity index (χ3v) is 4.08. The predicted molar refractivity (Wildman–Crippen MR) is 71.2 cm³/mol. The highest BCUT2D eigenvalue weighted by Gasteiger charge is 2.42. The van der Waals surface area contributed by atoms with Crippen molar-refractivity contribution >= 4 is 11.6 Å². The summed E-state index contributed by atoms with van der Waals surface area (Å²) in [7, 11) is 3.25. The molecule has 0 radical (unpaired) electrons. The second-order valence-corrected chi connectivity index (χ2v) is 5.20. The lowest BCUT2D eigenvalue weighted by molar-refractivity contribution is -0.101. The van der Waals surface area contributed by atoms with E-state index in [1.807, 2.05) is 0 Å². The van der Waals surface area contributed by atoms with E-state index in [4.69, 9.17) is 21.1 Å². The van der Waals surface area contributed by atoms with Crippen molar-refractivity contribution in [3.8, 4) is 5.75 Å². The van der Waals surface area contributed by atoms with Crippen LogP contribution in [0.1, 0.15) is 37.4 Å². The predicted octanol–water partition coefficient (Wildman–Crippen LogP) is 3.34. The van der Waals surface area contributed by atoms with E-state index in [0.29, 0.717) is 16.3 Å². The quantitative estimate of drug-likeness (QED) is 0.912. The molecule has 1 aliphatic rings. The smallest absolute Gasteiger partial charge is 0.124 e. The molecule has 1 aromatic rings. The van der Waals surface area contributed by atoms with Crippen LogP contribution in [0.25, 0.3) is 0 Å². The zero-order valence-corrected chi connectivity index (χ0v) is 11.5. The SMILES string of the molecule is COc1ccc(Cl)cc1C(O)C1(OC)CCCC1. The van der Waals surface area contributed by atoms with Crippen LogP contribution in [0, 0.1) is 0 Å². The van der Waals surface area contributed by atoms with Gasteiger partial charge < -0.3 is 14.6 Å². The van der Waals surface area contributed by atoms with E-state index in [0.717, 1.165) is 25.7 Å². The number of hydrogen-bond acceptors (Lipinski definition) is 3. The Balaban J connectivity index is 2.37. The molecule has 1 aliphatic carbocycles. The number of halogens is 1.